The summed E-state index contributed by atoms with van der Waals surface area (Å²) in [6, 6.07) is 8.87. The quantitative estimate of drug-likeness (QED) is 0.469. The standard InChI is InChI=1S/C19H25N3O4/c23-17(21-26)16(14-9-5-2-6-10-14)22-18(24)15(20-19(22)25)12-11-13-7-3-1-4-8-13/h1,3-4,7-8,14,16,24,26H,2,5-6,9-12H2,(H,20,25)(H,21,23). The van der Waals surface area contributed by atoms with Crippen molar-refractivity contribution < 1.29 is 15.1 Å². The maximum absolute atomic E-state index is 12.5. The zero-order valence-electron chi connectivity index (χ0n) is 14.6. The summed E-state index contributed by atoms with van der Waals surface area (Å²) in [7, 11) is 0. The zero-order chi connectivity index (χ0) is 18.5. The number of rotatable bonds is 6. The number of H-pyrrole nitrogens is 1. The smallest absolute Gasteiger partial charge is 0.329 e. The first-order chi connectivity index (χ1) is 12.6. The van der Waals surface area contributed by atoms with Crippen LogP contribution in [0.3, 0.4) is 0 Å². The number of carbonyl (C=O) groups excluding carboxylic acids is 1. The van der Waals surface area contributed by atoms with E-state index in [4.69, 9.17) is 5.21 Å². The van der Waals surface area contributed by atoms with Gasteiger partial charge in [-0.05, 0) is 37.2 Å². The van der Waals surface area contributed by atoms with Crippen molar-refractivity contribution in [1.29, 1.82) is 0 Å². The highest BCUT2D eigenvalue weighted by molar-refractivity contribution is 5.79. The SMILES string of the molecule is O=C(NO)C(C1CCCCC1)n1c(O)c(CCc2ccccc2)[nH]c1=O. The van der Waals surface area contributed by atoms with Gasteiger partial charge in [0.05, 0.1) is 5.69 Å². The molecular formula is C19H25N3O4. The summed E-state index contributed by atoms with van der Waals surface area (Å²) >= 11 is 0. The lowest BCUT2D eigenvalue weighted by atomic mass is 9.83. The summed E-state index contributed by atoms with van der Waals surface area (Å²) in [6.07, 6.45) is 5.73. The third kappa shape index (κ3) is 3.83. The number of benzene rings is 1. The molecule has 1 heterocycles. The monoisotopic (exact) mass is 359 g/mol. The van der Waals surface area contributed by atoms with Crippen molar-refractivity contribution in [2.24, 2.45) is 5.92 Å². The minimum absolute atomic E-state index is 0.0859. The molecule has 1 aromatic heterocycles. The van der Waals surface area contributed by atoms with Crippen LogP contribution in [0.15, 0.2) is 35.1 Å². The van der Waals surface area contributed by atoms with Crippen LogP contribution in [0.5, 0.6) is 5.88 Å². The van der Waals surface area contributed by atoms with E-state index < -0.39 is 17.6 Å². The summed E-state index contributed by atoms with van der Waals surface area (Å²) in [6.45, 7) is 0. The normalized spacial score (nSPS) is 16.3. The van der Waals surface area contributed by atoms with Crippen LogP contribution in [0.2, 0.25) is 0 Å². The second-order valence-corrected chi connectivity index (χ2v) is 6.91. The van der Waals surface area contributed by atoms with Crippen molar-refractivity contribution >= 4 is 5.91 Å². The topological polar surface area (TPSA) is 107 Å². The predicted molar refractivity (Wildman–Crippen MR) is 96.1 cm³/mol. The van der Waals surface area contributed by atoms with Gasteiger partial charge >= 0.3 is 5.69 Å². The molecule has 1 fully saturated rings. The fraction of sp³-hybridized carbons (Fsp3) is 0.474. The Morgan fingerprint density at radius 1 is 1.19 bits per heavy atom. The van der Waals surface area contributed by atoms with Crippen LogP contribution in [-0.2, 0) is 17.6 Å². The Labute approximate surface area is 151 Å². The van der Waals surface area contributed by atoms with Gasteiger partial charge in [-0.1, -0.05) is 49.6 Å². The molecule has 7 heteroatoms. The number of hydrogen-bond acceptors (Lipinski definition) is 4. The molecule has 0 saturated heterocycles. The molecule has 140 valence electrons. The lowest BCUT2D eigenvalue weighted by Crippen LogP contribution is -2.39. The van der Waals surface area contributed by atoms with Gasteiger partial charge in [-0.15, -0.1) is 0 Å². The zero-order valence-corrected chi connectivity index (χ0v) is 14.6. The molecular weight excluding hydrogens is 334 g/mol. The van der Waals surface area contributed by atoms with Gasteiger partial charge in [0.25, 0.3) is 5.91 Å². The maximum Gasteiger partial charge on any atom is 0.329 e. The second-order valence-electron chi connectivity index (χ2n) is 6.91. The van der Waals surface area contributed by atoms with Gasteiger partial charge in [0.2, 0.25) is 5.88 Å². The van der Waals surface area contributed by atoms with E-state index in [1.807, 2.05) is 30.3 Å². The summed E-state index contributed by atoms with van der Waals surface area (Å²) in [4.78, 5) is 27.4. The molecule has 0 spiro atoms. The Morgan fingerprint density at radius 3 is 2.54 bits per heavy atom. The van der Waals surface area contributed by atoms with Crippen LogP contribution in [0.25, 0.3) is 0 Å². The molecule has 0 bridgehead atoms. The predicted octanol–water partition coefficient (Wildman–Crippen LogP) is 2.29. The molecule has 7 nitrogen and oxygen atoms in total. The van der Waals surface area contributed by atoms with Crippen molar-refractivity contribution in [3.63, 3.8) is 0 Å². The van der Waals surface area contributed by atoms with Crippen molar-refractivity contribution in [2.45, 2.75) is 51.0 Å². The van der Waals surface area contributed by atoms with Gasteiger partial charge in [0.15, 0.2) is 0 Å². The number of nitrogens with one attached hydrogen (secondary N) is 2. The molecule has 1 aromatic carbocycles. The maximum atomic E-state index is 12.5. The largest absolute Gasteiger partial charge is 0.493 e. The molecule has 3 rings (SSSR count). The highest BCUT2D eigenvalue weighted by Crippen LogP contribution is 2.35. The van der Waals surface area contributed by atoms with Crippen LogP contribution < -0.4 is 11.2 Å². The fourth-order valence-corrected chi connectivity index (χ4v) is 3.89. The van der Waals surface area contributed by atoms with E-state index in [0.717, 1.165) is 42.2 Å². The number of hydroxylamine groups is 1. The van der Waals surface area contributed by atoms with E-state index in [1.165, 1.54) is 0 Å². The number of carbonyl (C=O) groups is 1. The molecule has 1 atom stereocenters. The number of aromatic hydroxyl groups is 1. The molecule has 0 aliphatic heterocycles. The minimum atomic E-state index is -0.908. The lowest BCUT2D eigenvalue weighted by Gasteiger charge is -2.29. The molecule has 1 unspecified atom stereocenters. The number of aryl methyl sites for hydroxylation is 2. The number of nitrogens with zero attached hydrogens (tertiary/aromatic N) is 1. The number of aromatic nitrogens is 2. The van der Waals surface area contributed by atoms with Crippen molar-refractivity contribution in [3.05, 3.63) is 52.1 Å². The summed E-state index contributed by atoms with van der Waals surface area (Å²) in [5, 5.41) is 19.7. The van der Waals surface area contributed by atoms with Crippen molar-refractivity contribution in [3.8, 4) is 5.88 Å². The van der Waals surface area contributed by atoms with Crippen LogP contribution >= 0.6 is 0 Å². The number of hydrogen-bond donors (Lipinski definition) is 4. The molecule has 4 N–H and O–H groups in total. The average Bonchev–Trinajstić information content (AvgIpc) is 2.96. The highest BCUT2D eigenvalue weighted by Gasteiger charge is 2.34. The van der Waals surface area contributed by atoms with E-state index in [1.54, 1.807) is 5.48 Å². The highest BCUT2D eigenvalue weighted by atomic mass is 16.5. The van der Waals surface area contributed by atoms with E-state index >= 15 is 0 Å². The van der Waals surface area contributed by atoms with Gasteiger partial charge in [-0.2, -0.15) is 0 Å². The van der Waals surface area contributed by atoms with Gasteiger partial charge in [-0.3, -0.25) is 14.6 Å². The van der Waals surface area contributed by atoms with E-state index in [0.29, 0.717) is 18.5 Å². The van der Waals surface area contributed by atoms with E-state index in [2.05, 4.69) is 4.98 Å². The minimum Gasteiger partial charge on any atom is -0.493 e. The number of amides is 1. The lowest BCUT2D eigenvalue weighted by molar-refractivity contribution is -0.135. The Hall–Kier alpha value is -2.54. The Kier molecular flexibility index (Phi) is 5.78. The van der Waals surface area contributed by atoms with Crippen LogP contribution in [0.4, 0.5) is 0 Å². The molecule has 1 saturated carbocycles. The molecule has 2 aromatic rings. The van der Waals surface area contributed by atoms with Crippen LogP contribution in [-0.4, -0.2) is 25.8 Å². The summed E-state index contributed by atoms with van der Waals surface area (Å²) in [5.74, 6) is -0.967. The third-order valence-electron chi connectivity index (χ3n) is 5.23. The summed E-state index contributed by atoms with van der Waals surface area (Å²) < 4.78 is 1.10. The number of imidazole rings is 1. The van der Waals surface area contributed by atoms with Gasteiger partial charge < -0.3 is 10.1 Å². The van der Waals surface area contributed by atoms with Crippen molar-refractivity contribution in [1.82, 2.24) is 15.0 Å². The van der Waals surface area contributed by atoms with Crippen molar-refractivity contribution in [2.75, 3.05) is 0 Å². The average molecular weight is 359 g/mol. The third-order valence-corrected chi connectivity index (χ3v) is 5.23. The molecule has 0 radical (unpaired) electrons. The van der Waals surface area contributed by atoms with E-state index in [-0.39, 0.29) is 11.8 Å². The molecule has 1 aliphatic rings. The summed E-state index contributed by atoms with van der Waals surface area (Å²) in [5.41, 5.74) is 2.64. The van der Waals surface area contributed by atoms with Crippen LogP contribution in [0.1, 0.15) is 49.4 Å². The molecule has 1 aliphatic carbocycles. The first kappa shape index (κ1) is 18.3. The molecule has 1 amide bonds. The second kappa shape index (κ2) is 8.23. The van der Waals surface area contributed by atoms with Gasteiger partial charge in [0, 0.05) is 0 Å². The van der Waals surface area contributed by atoms with E-state index in [9.17, 15) is 14.7 Å². The fourth-order valence-electron chi connectivity index (χ4n) is 3.89. The Morgan fingerprint density at radius 2 is 1.88 bits per heavy atom. The van der Waals surface area contributed by atoms with Gasteiger partial charge in [0.1, 0.15) is 6.04 Å². The first-order valence-electron chi connectivity index (χ1n) is 9.12. The Balaban J connectivity index is 1.86. The number of aromatic amines is 1. The Bertz CT molecular complexity index is 791. The van der Waals surface area contributed by atoms with Crippen LogP contribution in [0, 0.1) is 5.92 Å². The molecule has 26 heavy (non-hydrogen) atoms. The van der Waals surface area contributed by atoms with Gasteiger partial charge in [-0.25, -0.2) is 10.3 Å². The first-order valence-corrected chi connectivity index (χ1v) is 9.12.